The second-order valence-electron chi connectivity index (χ2n) is 5.66. The second-order valence-corrected chi connectivity index (χ2v) is 6.18. The molecule has 0 aliphatic rings. The Balaban J connectivity index is 1.84. The molecule has 0 unspecified atom stereocenters. The highest BCUT2D eigenvalue weighted by molar-refractivity contribution is 7.80. The maximum atomic E-state index is 13.8. The van der Waals surface area contributed by atoms with Crippen molar-refractivity contribution < 1.29 is 8.78 Å². The molecule has 0 amide bonds. The smallest absolute Gasteiger partial charge is 0.142 e. The molecule has 0 spiro atoms. The summed E-state index contributed by atoms with van der Waals surface area (Å²) >= 11 is 3.94. The summed E-state index contributed by atoms with van der Waals surface area (Å²) < 4.78 is 27.5. The van der Waals surface area contributed by atoms with Crippen LogP contribution < -0.4 is 0 Å². The van der Waals surface area contributed by atoms with Crippen LogP contribution in [0.1, 0.15) is 23.6 Å². The van der Waals surface area contributed by atoms with Crippen molar-refractivity contribution in [2.24, 2.45) is 0 Å². The van der Waals surface area contributed by atoms with Crippen molar-refractivity contribution in [2.75, 3.05) is 0 Å². The summed E-state index contributed by atoms with van der Waals surface area (Å²) in [7, 11) is 0. The highest BCUT2D eigenvalue weighted by atomic mass is 32.1. The van der Waals surface area contributed by atoms with Crippen molar-refractivity contribution in [3.05, 3.63) is 89.0 Å². The normalized spacial score (nSPS) is 10.2. The van der Waals surface area contributed by atoms with Gasteiger partial charge >= 0.3 is 0 Å². The molecule has 25 heavy (non-hydrogen) atoms. The predicted molar refractivity (Wildman–Crippen MR) is 101 cm³/mol. The van der Waals surface area contributed by atoms with Crippen LogP contribution in [-0.2, 0) is 6.42 Å². The first-order valence-corrected chi connectivity index (χ1v) is 8.41. The van der Waals surface area contributed by atoms with Crippen LogP contribution in [-0.4, -0.2) is 0 Å². The summed E-state index contributed by atoms with van der Waals surface area (Å²) in [5.74, 6) is 3.96. The minimum atomic E-state index is -0.704. The quantitative estimate of drug-likeness (QED) is 0.433. The van der Waals surface area contributed by atoms with E-state index in [1.165, 1.54) is 5.56 Å². The lowest BCUT2D eigenvalue weighted by molar-refractivity contribution is 0.572. The first-order valence-electron chi connectivity index (χ1n) is 7.96. The van der Waals surface area contributed by atoms with Crippen molar-refractivity contribution in [1.82, 2.24) is 0 Å². The monoisotopic (exact) mass is 350 g/mol. The second kappa shape index (κ2) is 7.55. The average molecular weight is 350 g/mol. The highest BCUT2D eigenvalue weighted by Crippen LogP contribution is 2.21. The Hall–Kier alpha value is -2.57. The van der Waals surface area contributed by atoms with Gasteiger partial charge in [-0.1, -0.05) is 55.2 Å². The fraction of sp³-hybridized carbons (Fsp3) is 0.0909. The zero-order chi connectivity index (χ0) is 17.8. The third-order valence-electron chi connectivity index (χ3n) is 3.94. The summed E-state index contributed by atoms with van der Waals surface area (Å²) in [6.07, 6.45) is 1.01. The fourth-order valence-electron chi connectivity index (χ4n) is 2.49. The first kappa shape index (κ1) is 17.3. The van der Waals surface area contributed by atoms with E-state index < -0.39 is 11.6 Å². The van der Waals surface area contributed by atoms with E-state index in [0.717, 1.165) is 29.7 Å². The number of aryl methyl sites for hydroxylation is 1. The minimum absolute atomic E-state index is 0.235. The van der Waals surface area contributed by atoms with Crippen LogP contribution in [0.25, 0.3) is 11.1 Å². The molecule has 0 bridgehead atoms. The van der Waals surface area contributed by atoms with Gasteiger partial charge in [0.2, 0.25) is 0 Å². The molecule has 3 aromatic carbocycles. The molecule has 3 rings (SSSR count). The number of thiol groups is 1. The standard InChI is InChI=1S/C22H16F2S/c1-2-15-3-8-17(9-4-15)18-10-5-16(6-11-18)7-12-20-21(23)13-19(25)14-22(20)24/h3-6,8-11,13-14,25H,2H2,1H3. The van der Waals surface area contributed by atoms with Gasteiger partial charge in [-0.05, 0) is 47.4 Å². The van der Waals surface area contributed by atoms with E-state index in [1.54, 1.807) is 0 Å². The van der Waals surface area contributed by atoms with Gasteiger partial charge < -0.3 is 0 Å². The Kier molecular flexibility index (Phi) is 5.21. The van der Waals surface area contributed by atoms with Crippen LogP contribution in [0.2, 0.25) is 0 Å². The number of rotatable bonds is 2. The van der Waals surface area contributed by atoms with E-state index in [-0.39, 0.29) is 10.5 Å². The summed E-state index contributed by atoms with van der Waals surface area (Å²) in [5, 5.41) is 0. The van der Waals surface area contributed by atoms with Gasteiger partial charge in [-0.3, -0.25) is 0 Å². The molecule has 3 heteroatoms. The van der Waals surface area contributed by atoms with Gasteiger partial charge in [0.05, 0.1) is 5.56 Å². The third kappa shape index (κ3) is 4.10. The van der Waals surface area contributed by atoms with E-state index in [0.29, 0.717) is 5.56 Å². The fourth-order valence-corrected chi connectivity index (χ4v) is 2.72. The Morgan fingerprint density at radius 1 is 0.800 bits per heavy atom. The van der Waals surface area contributed by atoms with Gasteiger partial charge in [0.1, 0.15) is 11.6 Å². The van der Waals surface area contributed by atoms with Crippen LogP contribution in [0, 0.1) is 23.5 Å². The zero-order valence-corrected chi connectivity index (χ0v) is 14.6. The van der Waals surface area contributed by atoms with Crippen molar-refractivity contribution in [2.45, 2.75) is 18.2 Å². The van der Waals surface area contributed by atoms with Gasteiger partial charge in [-0.2, -0.15) is 0 Å². The lowest BCUT2D eigenvalue weighted by Crippen LogP contribution is -1.90. The molecule has 0 heterocycles. The highest BCUT2D eigenvalue weighted by Gasteiger charge is 2.07. The molecule has 0 aliphatic carbocycles. The number of halogens is 2. The van der Waals surface area contributed by atoms with Gasteiger partial charge in [0, 0.05) is 10.5 Å². The molecule has 0 atom stereocenters. The van der Waals surface area contributed by atoms with Gasteiger partial charge in [0.15, 0.2) is 0 Å². The molecule has 0 saturated heterocycles. The molecule has 0 N–H and O–H groups in total. The molecule has 0 aliphatic heterocycles. The molecular formula is C22H16F2S. The molecule has 124 valence electrons. The molecule has 0 radical (unpaired) electrons. The topological polar surface area (TPSA) is 0 Å². The molecule has 0 nitrogen and oxygen atoms in total. The Morgan fingerprint density at radius 3 is 1.84 bits per heavy atom. The number of hydrogen-bond donors (Lipinski definition) is 1. The van der Waals surface area contributed by atoms with Crippen LogP contribution in [0.5, 0.6) is 0 Å². The zero-order valence-electron chi connectivity index (χ0n) is 13.7. The van der Waals surface area contributed by atoms with E-state index >= 15 is 0 Å². The van der Waals surface area contributed by atoms with Crippen molar-refractivity contribution in [1.29, 1.82) is 0 Å². The molecular weight excluding hydrogens is 334 g/mol. The molecule has 0 saturated carbocycles. The first-order chi connectivity index (χ1) is 12.1. The van der Waals surface area contributed by atoms with Gasteiger partial charge in [-0.15, -0.1) is 12.6 Å². The Labute approximate surface area is 151 Å². The maximum absolute atomic E-state index is 13.8. The SMILES string of the molecule is CCc1ccc(-c2ccc(C#Cc3c(F)cc(S)cc3F)cc2)cc1. The van der Waals surface area contributed by atoms with Crippen LogP contribution >= 0.6 is 12.6 Å². The number of hydrogen-bond acceptors (Lipinski definition) is 1. The van der Waals surface area contributed by atoms with Crippen molar-refractivity contribution >= 4 is 12.6 Å². The van der Waals surface area contributed by atoms with Crippen LogP contribution in [0.4, 0.5) is 8.78 Å². The summed E-state index contributed by atoms with van der Waals surface area (Å²) in [6, 6.07) is 18.3. The third-order valence-corrected chi connectivity index (χ3v) is 4.20. The summed E-state index contributed by atoms with van der Waals surface area (Å²) in [6.45, 7) is 2.12. The summed E-state index contributed by atoms with van der Waals surface area (Å²) in [4.78, 5) is 0.235. The van der Waals surface area contributed by atoms with E-state index in [4.69, 9.17) is 0 Å². The number of benzene rings is 3. The Bertz CT molecular complexity index is 923. The summed E-state index contributed by atoms with van der Waals surface area (Å²) in [5.41, 5.74) is 3.95. The lowest BCUT2D eigenvalue weighted by Gasteiger charge is -2.03. The minimum Gasteiger partial charge on any atom is -0.205 e. The molecule has 0 aromatic heterocycles. The van der Waals surface area contributed by atoms with E-state index in [2.05, 4.69) is 55.7 Å². The van der Waals surface area contributed by atoms with E-state index in [1.807, 2.05) is 24.3 Å². The van der Waals surface area contributed by atoms with Crippen molar-refractivity contribution in [3.63, 3.8) is 0 Å². The Morgan fingerprint density at radius 2 is 1.32 bits per heavy atom. The van der Waals surface area contributed by atoms with Crippen LogP contribution in [0.15, 0.2) is 65.6 Å². The van der Waals surface area contributed by atoms with Crippen LogP contribution in [0.3, 0.4) is 0 Å². The predicted octanol–water partition coefficient (Wildman–Crippen LogP) is 5.88. The van der Waals surface area contributed by atoms with Gasteiger partial charge in [-0.25, -0.2) is 8.78 Å². The molecule has 0 fully saturated rings. The maximum Gasteiger partial charge on any atom is 0.142 e. The average Bonchev–Trinajstić information content (AvgIpc) is 2.61. The van der Waals surface area contributed by atoms with Crippen molar-refractivity contribution in [3.8, 4) is 23.0 Å². The van der Waals surface area contributed by atoms with Gasteiger partial charge in [0.25, 0.3) is 0 Å². The largest absolute Gasteiger partial charge is 0.205 e. The lowest BCUT2D eigenvalue weighted by atomic mass is 10.0. The van der Waals surface area contributed by atoms with E-state index in [9.17, 15) is 8.78 Å². The molecule has 3 aromatic rings.